The lowest BCUT2D eigenvalue weighted by molar-refractivity contribution is 0.0778. The van der Waals surface area contributed by atoms with E-state index in [1.165, 1.54) is 6.33 Å². The Morgan fingerprint density at radius 3 is 2.10 bits per heavy atom. The third-order valence-corrected chi connectivity index (χ3v) is 1.27. The molecule has 0 aliphatic rings. The molecule has 0 saturated heterocycles. The van der Waals surface area contributed by atoms with Crippen LogP contribution in [0.2, 0.25) is 0 Å². The Bertz CT molecular complexity index is 203. The van der Waals surface area contributed by atoms with E-state index in [9.17, 15) is 5.11 Å². The Balaban J connectivity index is 2.97. The molecular weight excluding hydrogens is 128 g/mol. The lowest BCUT2D eigenvalue weighted by atomic mass is 10.0. The summed E-state index contributed by atoms with van der Waals surface area (Å²) in [6.45, 7) is 3.40. The molecule has 1 N–H and O–H groups in total. The fraction of sp³-hybridized carbons (Fsp3) is 0.429. The predicted molar refractivity (Wildman–Crippen MR) is 37.3 cm³/mol. The highest BCUT2D eigenvalue weighted by molar-refractivity contribution is 5.10. The normalized spacial score (nSPS) is 11.5. The largest absolute Gasteiger partial charge is 0.386 e. The minimum absolute atomic E-state index is 0.731. The summed E-state index contributed by atoms with van der Waals surface area (Å²) in [6, 6.07) is 0. The lowest BCUT2D eigenvalue weighted by Gasteiger charge is -2.15. The van der Waals surface area contributed by atoms with E-state index in [4.69, 9.17) is 0 Å². The Hall–Kier alpha value is -0.960. The Labute approximate surface area is 59.8 Å². The molecule has 1 rings (SSSR count). The van der Waals surface area contributed by atoms with E-state index >= 15 is 0 Å². The number of hydrogen-bond donors (Lipinski definition) is 1. The van der Waals surface area contributed by atoms with Gasteiger partial charge >= 0.3 is 0 Å². The Morgan fingerprint density at radius 1 is 1.30 bits per heavy atom. The van der Waals surface area contributed by atoms with Crippen molar-refractivity contribution in [3.63, 3.8) is 0 Å². The molecule has 0 saturated carbocycles. The molecule has 0 bridgehead atoms. The van der Waals surface area contributed by atoms with Crippen molar-refractivity contribution in [3.8, 4) is 0 Å². The van der Waals surface area contributed by atoms with E-state index in [1.807, 2.05) is 0 Å². The van der Waals surface area contributed by atoms with E-state index in [0.717, 1.165) is 5.56 Å². The van der Waals surface area contributed by atoms with Crippen molar-refractivity contribution in [3.05, 3.63) is 24.3 Å². The van der Waals surface area contributed by atoms with E-state index in [0.29, 0.717) is 0 Å². The molecule has 0 radical (unpaired) electrons. The van der Waals surface area contributed by atoms with Crippen molar-refractivity contribution in [2.24, 2.45) is 0 Å². The number of rotatable bonds is 1. The van der Waals surface area contributed by atoms with Crippen LogP contribution in [0.1, 0.15) is 19.4 Å². The van der Waals surface area contributed by atoms with E-state index in [1.54, 1.807) is 26.2 Å². The summed E-state index contributed by atoms with van der Waals surface area (Å²) in [5.74, 6) is 0. The molecule has 0 unspecified atom stereocenters. The molecule has 1 aromatic rings. The first kappa shape index (κ1) is 7.15. The summed E-state index contributed by atoms with van der Waals surface area (Å²) >= 11 is 0. The molecule has 0 atom stereocenters. The zero-order valence-electron chi connectivity index (χ0n) is 6.07. The average Bonchev–Trinajstić information content (AvgIpc) is 1.88. The third-order valence-electron chi connectivity index (χ3n) is 1.27. The van der Waals surface area contributed by atoms with Crippen LogP contribution in [0.5, 0.6) is 0 Å². The van der Waals surface area contributed by atoms with Crippen molar-refractivity contribution < 1.29 is 5.11 Å². The second kappa shape index (κ2) is 2.34. The molecule has 0 fully saturated rings. The van der Waals surface area contributed by atoms with Crippen LogP contribution in [0.4, 0.5) is 0 Å². The van der Waals surface area contributed by atoms with Gasteiger partial charge in [0, 0.05) is 18.0 Å². The summed E-state index contributed by atoms with van der Waals surface area (Å²) in [7, 11) is 0. The van der Waals surface area contributed by atoms with Crippen LogP contribution in [-0.2, 0) is 5.60 Å². The van der Waals surface area contributed by atoms with Gasteiger partial charge in [0.15, 0.2) is 0 Å². The topological polar surface area (TPSA) is 46.0 Å². The SMILES string of the molecule is CC(C)(O)c1cncnc1. The zero-order valence-corrected chi connectivity index (χ0v) is 6.07. The monoisotopic (exact) mass is 138 g/mol. The van der Waals surface area contributed by atoms with Crippen LogP contribution in [-0.4, -0.2) is 15.1 Å². The summed E-state index contributed by atoms with van der Waals surface area (Å²) in [5.41, 5.74) is -0.101. The lowest BCUT2D eigenvalue weighted by Crippen LogP contribution is -2.15. The van der Waals surface area contributed by atoms with Gasteiger partial charge in [0.05, 0.1) is 5.60 Å². The summed E-state index contributed by atoms with van der Waals surface area (Å²) in [4.78, 5) is 7.56. The minimum atomic E-state index is -0.832. The van der Waals surface area contributed by atoms with E-state index in [-0.39, 0.29) is 0 Å². The number of nitrogens with zero attached hydrogens (tertiary/aromatic N) is 2. The van der Waals surface area contributed by atoms with Crippen LogP contribution in [0, 0.1) is 0 Å². The van der Waals surface area contributed by atoms with Crippen LogP contribution in [0.15, 0.2) is 18.7 Å². The predicted octanol–water partition coefficient (Wildman–Crippen LogP) is 0.704. The van der Waals surface area contributed by atoms with Crippen LogP contribution in [0.3, 0.4) is 0 Å². The zero-order chi connectivity index (χ0) is 7.61. The first-order chi connectivity index (χ1) is 4.61. The van der Waals surface area contributed by atoms with Gasteiger partial charge in [-0.15, -0.1) is 0 Å². The first-order valence-corrected chi connectivity index (χ1v) is 3.08. The molecule has 3 heteroatoms. The van der Waals surface area contributed by atoms with Crippen molar-refractivity contribution in [2.45, 2.75) is 19.4 Å². The summed E-state index contributed by atoms with van der Waals surface area (Å²) in [5, 5.41) is 9.41. The van der Waals surface area contributed by atoms with Crippen LogP contribution < -0.4 is 0 Å². The maximum atomic E-state index is 9.41. The van der Waals surface area contributed by atoms with Gasteiger partial charge in [-0.25, -0.2) is 9.97 Å². The molecule has 3 nitrogen and oxygen atoms in total. The fourth-order valence-corrected chi connectivity index (χ4v) is 0.615. The molecule has 0 aliphatic carbocycles. The van der Waals surface area contributed by atoms with Crippen molar-refractivity contribution in [1.82, 2.24) is 9.97 Å². The highest BCUT2D eigenvalue weighted by atomic mass is 16.3. The molecule has 0 aromatic carbocycles. The summed E-state index contributed by atoms with van der Waals surface area (Å²) < 4.78 is 0. The van der Waals surface area contributed by atoms with Gasteiger partial charge in [0.2, 0.25) is 0 Å². The van der Waals surface area contributed by atoms with Crippen molar-refractivity contribution in [2.75, 3.05) is 0 Å². The van der Waals surface area contributed by atoms with E-state index in [2.05, 4.69) is 9.97 Å². The van der Waals surface area contributed by atoms with Gasteiger partial charge in [0.25, 0.3) is 0 Å². The third kappa shape index (κ3) is 1.51. The molecule has 1 heterocycles. The van der Waals surface area contributed by atoms with Crippen LogP contribution in [0.25, 0.3) is 0 Å². The van der Waals surface area contributed by atoms with Crippen LogP contribution >= 0.6 is 0 Å². The minimum Gasteiger partial charge on any atom is -0.386 e. The molecule has 0 amide bonds. The van der Waals surface area contributed by atoms with E-state index < -0.39 is 5.60 Å². The number of aromatic nitrogens is 2. The standard InChI is InChI=1S/C7H10N2O/c1-7(2,10)6-3-8-5-9-4-6/h3-5,10H,1-2H3. The number of aliphatic hydroxyl groups is 1. The van der Waals surface area contributed by atoms with Gasteiger partial charge in [-0.2, -0.15) is 0 Å². The molecular formula is C7H10N2O. The molecule has 54 valence electrons. The quantitative estimate of drug-likeness (QED) is 0.621. The van der Waals surface area contributed by atoms with Gasteiger partial charge < -0.3 is 5.11 Å². The highest BCUT2D eigenvalue weighted by Gasteiger charge is 2.15. The van der Waals surface area contributed by atoms with Gasteiger partial charge in [-0.3, -0.25) is 0 Å². The number of hydrogen-bond acceptors (Lipinski definition) is 3. The molecule has 0 aliphatic heterocycles. The second-order valence-electron chi connectivity index (χ2n) is 2.69. The van der Waals surface area contributed by atoms with Crippen molar-refractivity contribution >= 4 is 0 Å². The fourth-order valence-electron chi connectivity index (χ4n) is 0.615. The van der Waals surface area contributed by atoms with Gasteiger partial charge in [-0.05, 0) is 13.8 Å². The Morgan fingerprint density at radius 2 is 1.80 bits per heavy atom. The first-order valence-electron chi connectivity index (χ1n) is 3.08. The van der Waals surface area contributed by atoms with Gasteiger partial charge in [-0.1, -0.05) is 0 Å². The average molecular weight is 138 g/mol. The second-order valence-corrected chi connectivity index (χ2v) is 2.69. The maximum absolute atomic E-state index is 9.41. The highest BCUT2D eigenvalue weighted by Crippen LogP contribution is 2.15. The molecule has 0 spiro atoms. The molecule has 1 aromatic heterocycles. The maximum Gasteiger partial charge on any atom is 0.115 e. The Kier molecular flexibility index (Phi) is 1.68. The molecule has 10 heavy (non-hydrogen) atoms. The van der Waals surface area contributed by atoms with Crippen molar-refractivity contribution in [1.29, 1.82) is 0 Å². The summed E-state index contributed by atoms with van der Waals surface area (Å²) in [6.07, 6.45) is 4.65. The smallest absolute Gasteiger partial charge is 0.115 e. The van der Waals surface area contributed by atoms with Gasteiger partial charge in [0.1, 0.15) is 6.33 Å².